The smallest absolute Gasteiger partial charge is 0.245 e. The van der Waals surface area contributed by atoms with E-state index in [1.54, 1.807) is 12.1 Å². The van der Waals surface area contributed by atoms with Crippen LogP contribution in [0.15, 0.2) is 50.2 Å². The molecule has 1 amide bonds. The number of amides is 1. The first kappa shape index (κ1) is 20.0. The zero-order valence-electron chi connectivity index (χ0n) is 13.4. The van der Waals surface area contributed by atoms with Gasteiger partial charge in [0.15, 0.2) is 0 Å². The maximum absolute atomic E-state index is 13.3. The molecule has 0 aliphatic heterocycles. The van der Waals surface area contributed by atoms with E-state index in [2.05, 4.69) is 37.2 Å². The molecule has 2 aromatic carbocycles. The molecule has 0 bridgehead atoms. The molecule has 0 heterocycles. The first-order chi connectivity index (χ1) is 11.6. The van der Waals surface area contributed by atoms with E-state index < -0.39 is 21.7 Å². The number of aryl methyl sites for hydroxylation is 1. The number of anilines is 1. The van der Waals surface area contributed by atoms with Gasteiger partial charge >= 0.3 is 0 Å². The summed E-state index contributed by atoms with van der Waals surface area (Å²) in [4.78, 5) is 12.0. The Balaban J connectivity index is 2.17. The number of benzene rings is 2. The highest BCUT2D eigenvalue weighted by Gasteiger charge is 2.28. The van der Waals surface area contributed by atoms with Gasteiger partial charge in [-0.2, -0.15) is 4.31 Å². The fourth-order valence-electron chi connectivity index (χ4n) is 2.06. The van der Waals surface area contributed by atoms with Crippen LogP contribution in [-0.2, 0) is 14.8 Å². The van der Waals surface area contributed by atoms with Crippen LogP contribution in [0.1, 0.15) is 5.56 Å². The molecule has 2 rings (SSSR count). The maximum Gasteiger partial charge on any atom is 0.245 e. The number of halogens is 3. The molecule has 0 saturated carbocycles. The van der Waals surface area contributed by atoms with E-state index in [-0.39, 0.29) is 20.4 Å². The molecule has 0 saturated heterocycles. The molecule has 0 aliphatic carbocycles. The number of nitrogens with one attached hydrogen (secondary N) is 1. The largest absolute Gasteiger partial charge is 0.325 e. The van der Waals surface area contributed by atoms with Crippen molar-refractivity contribution in [1.82, 2.24) is 4.31 Å². The molecule has 0 aliphatic rings. The predicted octanol–water partition coefficient (Wildman–Crippen LogP) is 3.92. The topological polar surface area (TPSA) is 66.5 Å². The van der Waals surface area contributed by atoms with Gasteiger partial charge in [0.25, 0.3) is 0 Å². The fraction of sp³-hybridized carbons (Fsp3) is 0.188. The predicted molar refractivity (Wildman–Crippen MR) is 101 cm³/mol. The van der Waals surface area contributed by atoms with Crippen LogP contribution in [0, 0.1) is 12.7 Å². The van der Waals surface area contributed by atoms with Crippen LogP contribution in [-0.4, -0.2) is 32.2 Å². The minimum Gasteiger partial charge on any atom is -0.325 e. The first-order valence-electron chi connectivity index (χ1n) is 7.08. The summed E-state index contributed by atoms with van der Waals surface area (Å²) >= 11 is 6.10. The summed E-state index contributed by atoms with van der Waals surface area (Å²) in [5.74, 6) is -1.07. The molecular formula is C16H15Br2FN2O3S. The molecule has 25 heavy (non-hydrogen) atoms. The Hall–Kier alpha value is -1.29. The highest BCUT2D eigenvalue weighted by atomic mass is 79.9. The van der Waals surface area contributed by atoms with Crippen LogP contribution in [0.3, 0.4) is 0 Å². The van der Waals surface area contributed by atoms with E-state index in [1.807, 2.05) is 19.1 Å². The Bertz CT molecular complexity index is 879. The summed E-state index contributed by atoms with van der Waals surface area (Å²) in [6.45, 7) is 1.54. The monoisotopic (exact) mass is 492 g/mol. The van der Waals surface area contributed by atoms with Gasteiger partial charge in [0, 0.05) is 21.7 Å². The van der Waals surface area contributed by atoms with Crippen LogP contribution >= 0.6 is 31.9 Å². The van der Waals surface area contributed by atoms with Gasteiger partial charge in [-0.1, -0.05) is 17.7 Å². The quantitative estimate of drug-likeness (QED) is 0.686. The molecule has 0 radical (unpaired) electrons. The van der Waals surface area contributed by atoms with E-state index in [0.29, 0.717) is 5.69 Å². The molecule has 0 fully saturated rings. The second-order valence-corrected chi connectivity index (χ2v) is 9.06. The van der Waals surface area contributed by atoms with Gasteiger partial charge in [0.2, 0.25) is 15.9 Å². The van der Waals surface area contributed by atoms with Crippen LogP contribution in [0.5, 0.6) is 0 Å². The average molecular weight is 494 g/mol. The van der Waals surface area contributed by atoms with Crippen LogP contribution in [0.2, 0.25) is 0 Å². The summed E-state index contributed by atoms with van der Waals surface area (Å²) in [6.07, 6.45) is 0. The molecule has 0 unspecified atom stereocenters. The van der Waals surface area contributed by atoms with Crippen LogP contribution < -0.4 is 5.32 Å². The minimum absolute atomic E-state index is 0.0742. The van der Waals surface area contributed by atoms with E-state index in [4.69, 9.17) is 0 Å². The van der Waals surface area contributed by atoms with Crippen molar-refractivity contribution in [1.29, 1.82) is 0 Å². The van der Waals surface area contributed by atoms with Crippen molar-refractivity contribution in [2.24, 2.45) is 0 Å². The summed E-state index contributed by atoms with van der Waals surface area (Å²) < 4.78 is 39.8. The molecule has 134 valence electrons. The average Bonchev–Trinajstić information content (AvgIpc) is 2.48. The third-order valence-corrected chi connectivity index (χ3v) is 7.01. The lowest BCUT2D eigenvalue weighted by molar-refractivity contribution is -0.116. The molecule has 0 spiro atoms. The lowest BCUT2D eigenvalue weighted by Crippen LogP contribution is -2.35. The van der Waals surface area contributed by atoms with Crippen LogP contribution in [0.25, 0.3) is 0 Å². The molecule has 0 atom stereocenters. The van der Waals surface area contributed by atoms with Crippen molar-refractivity contribution in [2.75, 3.05) is 18.9 Å². The van der Waals surface area contributed by atoms with Crippen molar-refractivity contribution in [3.8, 4) is 0 Å². The fourth-order valence-corrected chi connectivity index (χ4v) is 5.62. The van der Waals surface area contributed by atoms with Crippen LogP contribution in [0.4, 0.5) is 10.1 Å². The highest BCUT2D eigenvalue weighted by molar-refractivity contribution is 9.11. The van der Waals surface area contributed by atoms with Crippen molar-refractivity contribution in [3.05, 3.63) is 56.7 Å². The molecule has 5 nitrogen and oxygen atoms in total. The Labute approximate surface area is 162 Å². The lowest BCUT2D eigenvalue weighted by atomic mass is 10.2. The minimum atomic E-state index is -4.00. The number of hydrogen-bond acceptors (Lipinski definition) is 3. The number of likely N-dealkylation sites (N-methyl/N-ethyl adjacent to an activating group) is 1. The standard InChI is InChI=1S/C16H15Br2FN2O3S/c1-10-3-5-12(6-4-10)20-15(22)9-21(2)25(23,24)16-13(17)7-11(19)8-14(16)18/h3-8H,9H2,1-2H3,(H,20,22). The maximum atomic E-state index is 13.3. The van der Waals surface area contributed by atoms with Gasteiger partial charge in [-0.05, 0) is 63.0 Å². The summed E-state index contributed by atoms with van der Waals surface area (Å²) in [5.41, 5.74) is 1.62. The zero-order valence-corrected chi connectivity index (χ0v) is 17.4. The van der Waals surface area contributed by atoms with Crippen molar-refractivity contribution in [3.63, 3.8) is 0 Å². The number of rotatable bonds is 5. The third kappa shape index (κ3) is 4.87. The number of hydrogen-bond donors (Lipinski definition) is 1. The Morgan fingerprint density at radius 1 is 1.16 bits per heavy atom. The molecule has 2 aromatic rings. The van der Waals surface area contributed by atoms with Gasteiger partial charge in [-0.15, -0.1) is 0 Å². The second kappa shape index (κ2) is 7.94. The lowest BCUT2D eigenvalue weighted by Gasteiger charge is -2.19. The van der Waals surface area contributed by atoms with Crippen molar-refractivity contribution in [2.45, 2.75) is 11.8 Å². The summed E-state index contributed by atoms with van der Waals surface area (Å²) in [7, 11) is -2.72. The number of nitrogens with zero attached hydrogens (tertiary/aromatic N) is 1. The van der Waals surface area contributed by atoms with E-state index >= 15 is 0 Å². The normalized spacial score (nSPS) is 11.6. The molecule has 0 aromatic heterocycles. The summed E-state index contributed by atoms with van der Waals surface area (Å²) in [6, 6.07) is 9.24. The molecular weight excluding hydrogens is 479 g/mol. The highest BCUT2D eigenvalue weighted by Crippen LogP contribution is 2.32. The number of carbonyl (C=O) groups excluding carboxylic acids is 1. The van der Waals surface area contributed by atoms with Gasteiger partial charge < -0.3 is 5.32 Å². The zero-order chi connectivity index (χ0) is 18.8. The Kier molecular flexibility index (Phi) is 6.36. The van der Waals surface area contributed by atoms with E-state index in [0.717, 1.165) is 22.0 Å². The van der Waals surface area contributed by atoms with Gasteiger partial charge in [-0.25, -0.2) is 12.8 Å². The second-order valence-electron chi connectivity index (χ2n) is 5.37. The Morgan fingerprint density at radius 3 is 2.20 bits per heavy atom. The van der Waals surface area contributed by atoms with E-state index in [1.165, 1.54) is 7.05 Å². The molecule has 9 heteroatoms. The Morgan fingerprint density at radius 2 is 1.68 bits per heavy atom. The number of sulfonamides is 1. The number of carbonyl (C=O) groups is 1. The van der Waals surface area contributed by atoms with Crippen molar-refractivity contribution >= 4 is 53.5 Å². The molecule has 1 N–H and O–H groups in total. The van der Waals surface area contributed by atoms with Gasteiger partial charge in [0.05, 0.1) is 6.54 Å². The van der Waals surface area contributed by atoms with Crippen molar-refractivity contribution < 1.29 is 17.6 Å². The van der Waals surface area contributed by atoms with Gasteiger partial charge in [-0.3, -0.25) is 4.79 Å². The third-order valence-electron chi connectivity index (χ3n) is 3.33. The SMILES string of the molecule is Cc1ccc(NC(=O)CN(C)S(=O)(=O)c2c(Br)cc(F)cc2Br)cc1. The first-order valence-corrected chi connectivity index (χ1v) is 10.1. The van der Waals surface area contributed by atoms with Gasteiger partial charge in [0.1, 0.15) is 10.7 Å². The summed E-state index contributed by atoms with van der Waals surface area (Å²) in [5, 5.41) is 2.63. The van der Waals surface area contributed by atoms with E-state index in [9.17, 15) is 17.6 Å².